The van der Waals surface area contributed by atoms with E-state index in [1.54, 1.807) is 22.6 Å². The first kappa shape index (κ1) is 14.1. The van der Waals surface area contributed by atoms with E-state index in [4.69, 9.17) is 15.4 Å². The van der Waals surface area contributed by atoms with Gasteiger partial charge in [0, 0.05) is 17.5 Å². The van der Waals surface area contributed by atoms with E-state index in [-0.39, 0.29) is 13.0 Å². The van der Waals surface area contributed by atoms with Gasteiger partial charge < -0.3 is 9.84 Å². The average Bonchev–Trinajstić information content (AvgIpc) is 2.77. The third kappa shape index (κ3) is 2.81. The summed E-state index contributed by atoms with van der Waals surface area (Å²) < 4.78 is 7.02. The summed E-state index contributed by atoms with van der Waals surface area (Å²) in [5.74, 6) is 0. The van der Waals surface area contributed by atoms with Gasteiger partial charge in [0.2, 0.25) is 0 Å². The SMILES string of the molecule is [N-]=[N+]=NC1C[C@@H](n2cc(I)c(=O)[nH]c2=O)O[C@H]1CO. The molecule has 0 aromatic carbocycles. The van der Waals surface area contributed by atoms with Crippen molar-refractivity contribution in [2.45, 2.75) is 24.8 Å². The summed E-state index contributed by atoms with van der Waals surface area (Å²) in [4.78, 5) is 27.8. The normalized spacial score (nSPS) is 26.1. The van der Waals surface area contributed by atoms with Crippen LogP contribution in [-0.2, 0) is 4.74 Å². The number of aliphatic hydroxyl groups excluding tert-OH is 1. The van der Waals surface area contributed by atoms with Gasteiger partial charge in [-0.15, -0.1) is 0 Å². The van der Waals surface area contributed by atoms with Crippen LogP contribution >= 0.6 is 22.6 Å². The van der Waals surface area contributed by atoms with Crippen molar-refractivity contribution >= 4 is 22.6 Å². The number of aliphatic hydroxyl groups is 1. The summed E-state index contributed by atoms with van der Waals surface area (Å²) in [5.41, 5.74) is 7.37. The molecule has 1 aromatic heterocycles. The van der Waals surface area contributed by atoms with Crippen LogP contribution in [0, 0.1) is 3.57 Å². The number of aromatic amines is 1. The average molecular weight is 379 g/mol. The van der Waals surface area contributed by atoms with E-state index in [2.05, 4.69) is 15.0 Å². The van der Waals surface area contributed by atoms with Crippen molar-refractivity contribution in [3.8, 4) is 0 Å². The Balaban J connectivity index is 2.34. The minimum atomic E-state index is -0.675. The molecule has 1 aliphatic heterocycles. The summed E-state index contributed by atoms with van der Waals surface area (Å²) in [5, 5.41) is 12.7. The number of H-pyrrole nitrogens is 1. The monoisotopic (exact) mass is 379 g/mol. The first-order valence-electron chi connectivity index (χ1n) is 5.38. The third-order valence-electron chi connectivity index (χ3n) is 2.82. The Morgan fingerprint density at radius 3 is 3.05 bits per heavy atom. The van der Waals surface area contributed by atoms with E-state index in [1.165, 1.54) is 10.8 Å². The van der Waals surface area contributed by atoms with E-state index >= 15 is 0 Å². The van der Waals surface area contributed by atoms with Crippen molar-refractivity contribution in [1.29, 1.82) is 0 Å². The van der Waals surface area contributed by atoms with Crippen molar-refractivity contribution in [2.75, 3.05) is 6.61 Å². The Kier molecular flexibility index (Phi) is 4.24. The number of nitrogens with zero attached hydrogens (tertiary/aromatic N) is 4. The van der Waals surface area contributed by atoms with Crippen molar-refractivity contribution < 1.29 is 9.84 Å². The Morgan fingerprint density at radius 2 is 2.42 bits per heavy atom. The molecule has 9 nitrogen and oxygen atoms in total. The van der Waals surface area contributed by atoms with Gasteiger partial charge in [0.05, 0.1) is 22.3 Å². The van der Waals surface area contributed by atoms with Gasteiger partial charge in [-0.25, -0.2) is 4.79 Å². The topological polar surface area (TPSA) is 133 Å². The van der Waals surface area contributed by atoms with E-state index in [0.29, 0.717) is 3.57 Å². The Bertz CT molecular complexity index is 634. The molecule has 1 unspecified atom stereocenters. The predicted molar refractivity (Wildman–Crippen MR) is 72.6 cm³/mol. The van der Waals surface area contributed by atoms with Crippen LogP contribution in [0.1, 0.15) is 12.6 Å². The van der Waals surface area contributed by atoms with Crippen molar-refractivity contribution in [3.63, 3.8) is 0 Å². The molecule has 0 saturated carbocycles. The van der Waals surface area contributed by atoms with Crippen LogP contribution < -0.4 is 11.2 Å². The predicted octanol–water partition coefficient (Wildman–Crippen LogP) is 0.0999. The van der Waals surface area contributed by atoms with Gasteiger partial charge in [-0.05, 0) is 28.1 Å². The molecule has 2 heterocycles. The number of nitrogens with one attached hydrogen (secondary N) is 1. The fraction of sp³-hybridized carbons (Fsp3) is 0.556. The van der Waals surface area contributed by atoms with Gasteiger partial charge in [-0.1, -0.05) is 5.11 Å². The Hall–Kier alpha value is -1.36. The second-order valence-corrected chi connectivity index (χ2v) is 5.13. The van der Waals surface area contributed by atoms with E-state index in [0.717, 1.165) is 0 Å². The summed E-state index contributed by atoms with van der Waals surface area (Å²) in [6.07, 6.45) is 0.305. The van der Waals surface area contributed by atoms with Crippen molar-refractivity contribution in [2.24, 2.45) is 5.11 Å². The molecule has 0 aliphatic carbocycles. The molecule has 1 aliphatic rings. The number of rotatable bonds is 3. The van der Waals surface area contributed by atoms with Crippen LogP contribution in [0.25, 0.3) is 10.4 Å². The molecule has 0 spiro atoms. The lowest BCUT2D eigenvalue weighted by Crippen LogP contribution is -2.33. The number of aromatic nitrogens is 2. The highest BCUT2D eigenvalue weighted by atomic mass is 127. The Morgan fingerprint density at radius 1 is 1.68 bits per heavy atom. The molecular formula is C9H10IN5O4. The second-order valence-electron chi connectivity index (χ2n) is 3.96. The molecule has 1 fully saturated rings. The molecule has 0 amide bonds. The highest BCUT2D eigenvalue weighted by molar-refractivity contribution is 14.1. The summed E-state index contributed by atoms with van der Waals surface area (Å²) in [6.45, 7) is -0.310. The van der Waals surface area contributed by atoms with Crippen LogP contribution in [-0.4, -0.2) is 33.4 Å². The van der Waals surface area contributed by atoms with Crippen LogP contribution in [0.4, 0.5) is 0 Å². The summed E-state index contributed by atoms with van der Waals surface area (Å²) in [6, 6.07) is -0.545. The maximum atomic E-state index is 11.7. The first-order chi connectivity index (χ1) is 9.06. The van der Waals surface area contributed by atoms with Gasteiger partial charge in [-0.3, -0.25) is 14.3 Å². The molecule has 1 saturated heterocycles. The van der Waals surface area contributed by atoms with E-state index in [1.807, 2.05) is 0 Å². The van der Waals surface area contributed by atoms with Gasteiger partial charge in [-0.2, -0.15) is 0 Å². The number of halogens is 1. The molecule has 19 heavy (non-hydrogen) atoms. The molecular weight excluding hydrogens is 369 g/mol. The smallest absolute Gasteiger partial charge is 0.330 e. The van der Waals surface area contributed by atoms with Gasteiger partial charge >= 0.3 is 5.69 Å². The lowest BCUT2D eigenvalue weighted by atomic mass is 10.1. The molecule has 0 radical (unpaired) electrons. The fourth-order valence-electron chi connectivity index (χ4n) is 1.91. The minimum absolute atomic E-state index is 0.261. The van der Waals surface area contributed by atoms with Crippen LogP contribution in [0.15, 0.2) is 20.9 Å². The van der Waals surface area contributed by atoms with Gasteiger partial charge in [0.15, 0.2) is 0 Å². The molecule has 2 N–H and O–H groups in total. The van der Waals surface area contributed by atoms with Crippen LogP contribution in [0.2, 0.25) is 0 Å². The van der Waals surface area contributed by atoms with Crippen LogP contribution in [0.5, 0.6) is 0 Å². The number of hydrogen-bond acceptors (Lipinski definition) is 5. The van der Waals surface area contributed by atoms with Gasteiger partial charge in [0.25, 0.3) is 5.56 Å². The number of ether oxygens (including phenoxy) is 1. The van der Waals surface area contributed by atoms with E-state index < -0.39 is 29.6 Å². The second kappa shape index (κ2) is 5.74. The zero-order valence-corrected chi connectivity index (χ0v) is 11.7. The largest absolute Gasteiger partial charge is 0.394 e. The number of azide groups is 1. The van der Waals surface area contributed by atoms with Crippen molar-refractivity contribution in [1.82, 2.24) is 9.55 Å². The highest BCUT2D eigenvalue weighted by Crippen LogP contribution is 2.29. The Labute approximate surface area is 120 Å². The molecule has 3 atom stereocenters. The lowest BCUT2D eigenvalue weighted by Gasteiger charge is -2.14. The van der Waals surface area contributed by atoms with Crippen LogP contribution in [0.3, 0.4) is 0 Å². The minimum Gasteiger partial charge on any atom is -0.394 e. The first-order valence-corrected chi connectivity index (χ1v) is 6.46. The van der Waals surface area contributed by atoms with Gasteiger partial charge in [0.1, 0.15) is 6.23 Å². The lowest BCUT2D eigenvalue weighted by molar-refractivity contribution is -0.0271. The standard InChI is InChI=1S/C9H10IN5O4/c10-4-2-15(9(18)12-8(4)17)7-1-5(13-14-11)6(3-16)19-7/h2,5-7,16H,1,3H2,(H,12,17,18)/t5?,6-,7-/m0/s1. The van der Waals surface area contributed by atoms with Crippen molar-refractivity contribution in [3.05, 3.63) is 41.0 Å². The summed E-state index contributed by atoms with van der Waals surface area (Å²) >= 11 is 1.80. The highest BCUT2D eigenvalue weighted by Gasteiger charge is 2.35. The zero-order chi connectivity index (χ0) is 14.0. The molecule has 0 bridgehead atoms. The third-order valence-corrected chi connectivity index (χ3v) is 3.59. The molecule has 102 valence electrons. The molecule has 10 heteroatoms. The number of hydrogen-bond donors (Lipinski definition) is 2. The molecule has 1 aromatic rings. The fourth-order valence-corrected chi connectivity index (χ4v) is 2.35. The maximum absolute atomic E-state index is 11.7. The summed E-state index contributed by atoms with van der Waals surface area (Å²) in [7, 11) is 0. The zero-order valence-electron chi connectivity index (χ0n) is 9.56. The quantitative estimate of drug-likeness (QED) is 0.334. The van der Waals surface area contributed by atoms with E-state index in [9.17, 15) is 9.59 Å². The maximum Gasteiger partial charge on any atom is 0.330 e. The molecule has 2 rings (SSSR count).